The second-order valence-corrected chi connectivity index (χ2v) is 7.34. The summed E-state index contributed by atoms with van der Waals surface area (Å²) in [6.07, 6.45) is 0.743. The average Bonchev–Trinajstić information content (AvgIpc) is 2.76. The van der Waals surface area contributed by atoms with Crippen molar-refractivity contribution in [1.82, 2.24) is 9.62 Å². The van der Waals surface area contributed by atoms with E-state index in [1.165, 1.54) is 6.07 Å². The summed E-state index contributed by atoms with van der Waals surface area (Å²) < 4.78 is 32.1. The van der Waals surface area contributed by atoms with Gasteiger partial charge in [0, 0.05) is 18.7 Å². The summed E-state index contributed by atoms with van der Waals surface area (Å²) in [5.74, 6) is 0.428. The van der Waals surface area contributed by atoms with Gasteiger partial charge in [0.05, 0.1) is 6.54 Å². The first-order valence-corrected chi connectivity index (χ1v) is 8.73. The van der Waals surface area contributed by atoms with Crippen LogP contribution in [0.25, 0.3) is 0 Å². The highest BCUT2D eigenvalue weighted by atomic mass is 79.9. The molecule has 6 nitrogen and oxygen atoms in total. The number of hydrogen-bond acceptors (Lipinski definition) is 5. The zero-order valence-corrected chi connectivity index (χ0v) is 14.4. The SMILES string of the molecule is CC(C)N(C)CCCNS(=O)(=O)c1cc(CN)oc1Br. The van der Waals surface area contributed by atoms with E-state index in [0.29, 0.717) is 18.3 Å². The van der Waals surface area contributed by atoms with E-state index in [9.17, 15) is 8.42 Å². The number of nitrogens with zero attached hydrogens (tertiary/aromatic N) is 1. The first-order valence-electron chi connectivity index (χ1n) is 6.46. The largest absolute Gasteiger partial charge is 0.452 e. The normalized spacial score (nSPS) is 12.6. The molecule has 0 aliphatic heterocycles. The number of sulfonamides is 1. The van der Waals surface area contributed by atoms with Crippen molar-refractivity contribution < 1.29 is 12.8 Å². The van der Waals surface area contributed by atoms with Gasteiger partial charge in [-0.1, -0.05) is 0 Å². The standard InChI is InChI=1S/C12H22BrN3O3S/c1-9(2)16(3)6-4-5-15-20(17,18)11-7-10(8-14)19-12(11)13/h7,9,15H,4-6,8,14H2,1-3H3. The second kappa shape index (κ2) is 7.56. The van der Waals surface area contributed by atoms with Gasteiger partial charge in [0.25, 0.3) is 0 Å². The Morgan fingerprint density at radius 2 is 2.15 bits per heavy atom. The van der Waals surface area contributed by atoms with Crippen LogP contribution in [-0.4, -0.2) is 39.5 Å². The van der Waals surface area contributed by atoms with Crippen LogP contribution >= 0.6 is 15.9 Å². The van der Waals surface area contributed by atoms with Gasteiger partial charge in [-0.2, -0.15) is 0 Å². The Hall–Kier alpha value is -0.410. The van der Waals surface area contributed by atoms with Crippen molar-refractivity contribution in [3.8, 4) is 0 Å². The highest BCUT2D eigenvalue weighted by Crippen LogP contribution is 2.25. The molecule has 0 saturated carbocycles. The molecule has 1 heterocycles. The third-order valence-corrected chi connectivity index (χ3v) is 5.38. The lowest BCUT2D eigenvalue weighted by Gasteiger charge is -2.20. The number of rotatable bonds is 8. The number of nitrogens with two attached hydrogens (primary N) is 1. The van der Waals surface area contributed by atoms with Crippen molar-refractivity contribution >= 4 is 26.0 Å². The van der Waals surface area contributed by atoms with E-state index >= 15 is 0 Å². The molecule has 3 N–H and O–H groups in total. The predicted molar refractivity (Wildman–Crippen MR) is 81.9 cm³/mol. The fraction of sp³-hybridized carbons (Fsp3) is 0.667. The molecule has 20 heavy (non-hydrogen) atoms. The number of hydrogen-bond donors (Lipinski definition) is 2. The van der Waals surface area contributed by atoms with Crippen LogP contribution < -0.4 is 10.5 Å². The summed E-state index contributed by atoms with van der Waals surface area (Å²) >= 11 is 3.10. The van der Waals surface area contributed by atoms with Crippen LogP contribution in [0.3, 0.4) is 0 Å². The molecule has 1 aromatic rings. The van der Waals surface area contributed by atoms with E-state index in [2.05, 4.69) is 39.4 Å². The monoisotopic (exact) mass is 367 g/mol. The Bertz CT molecular complexity index is 528. The van der Waals surface area contributed by atoms with Crippen molar-refractivity contribution in [3.05, 3.63) is 16.5 Å². The minimum absolute atomic E-state index is 0.0927. The van der Waals surface area contributed by atoms with Crippen LogP contribution in [0.4, 0.5) is 0 Å². The van der Waals surface area contributed by atoms with E-state index in [-0.39, 0.29) is 16.1 Å². The van der Waals surface area contributed by atoms with Crippen LogP contribution in [0.2, 0.25) is 0 Å². The summed E-state index contributed by atoms with van der Waals surface area (Å²) in [4.78, 5) is 2.25. The number of halogens is 1. The molecule has 0 spiro atoms. The molecule has 116 valence electrons. The van der Waals surface area contributed by atoms with Gasteiger partial charge < -0.3 is 15.1 Å². The predicted octanol–water partition coefficient (Wildman–Crippen LogP) is 1.51. The van der Waals surface area contributed by atoms with Gasteiger partial charge in [0.1, 0.15) is 10.7 Å². The van der Waals surface area contributed by atoms with Gasteiger partial charge in [-0.3, -0.25) is 0 Å². The minimum atomic E-state index is -3.56. The first kappa shape index (κ1) is 17.6. The molecule has 0 aromatic carbocycles. The molecule has 0 atom stereocenters. The Morgan fingerprint density at radius 3 is 2.65 bits per heavy atom. The zero-order valence-electron chi connectivity index (χ0n) is 12.0. The molecule has 0 saturated heterocycles. The Labute approximate surface area is 128 Å². The minimum Gasteiger partial charge on any atom is -0.452 e. The summed E-state index contributed by atoms with van der Waals surface area (Å²) in [5, 5.41) is 0. The second-order valence-electron chi connectivity index (χ2n) is 4.88. The smallest absolute Gasteiger partial charge is 0.244 e. The molecule has 0 aliphatic carbocycles. The van der Waals surface area contributed by atoms with E-state index in [0.717, 1.165) is 13.0 Å². The molecular formula is C12H22BrN3O3S. The first-order chi connectivity index (χ1) is 9.27. The lowest BCUT2D eigenvalue weighted by atomic mass is 10.3. The fourth-order valence-electron chi connectivity index (χ4n) is 1.55. The maximum atomic E-state index is 12.1. The molecule has 0 unspecified atom stereocenters. The van der Waals surface area contributed by atoms with Crippen molar-refractivity contribution in [1.29, 1.82) is 0 Å². The average molecular weight is 368 g/mol. The van der Waals surface area contributed by atoms with Gasteiger partial charge in [-0.05, 0) is 49.8 Å². The van der Waals surface area contributed by atoms with Gasteiger partial charge in [0.15, 0.2) is 4.67 Å². The van der Waals surface area contributed by atoms with Gasteiger partial charge in [0.2, 0.25) is 10.0 Å². The van der Waals surface area contributed by atoms with Gasteiger partial charge in [-0.15, -0.1) is 0 Å². The molecule has 1 aromatic heterocycles. The summed E-state index contributed by atoms with van der Waals surface area (Å²) in [6.45, 7) is 5.57. The number of nitrogens with one attached hydrogen (secondary N) is 1. The Morgan fingerprint density at radius 1 is 1.50 bits per heavy atom. The maximum Gasteiger partial charge on any atom is 0.244 e. The van der Waals surface area contributed by atoms with Gasteiger partial charge >= 0.3 is 0 Å². The molecule has 0 radical (unpaired) electrons. The van der Waals surface area contributed by atoms with Crippen molar-refractivity contribution in [2.24, 2.45) is 5.73 Å². The molecule has 0 aliphatic rings. The van der Waals surface area contributed by atoms with Crippen molar-refractivity contribution in [2.45, 2.75) is 37.8 Å². The van der Waals surface area contributed by atoms with Crippen LogP contribution in [0.15, 0.2) is 20.0 Å². The van der Waals surface area contributed by atoms with Crippen LogP contribution in [0, 0.1) is 0 Å². The molecule has 0 fully saturated rings. The molecule has 0 bridgehead atoms. The molecule has 1 rings (SSSR count). The van der Waals surface area contributed by atoms with Crippen molar-refractivity contribution in [2.75, 3.05) is 20.1 Å². The number of furan rings is 1. The van der Waals surface area contributed by atoms with Crippen LogP contribution in [0.1, 0.15) is 26.0 Å². The van der Waals surface area contributed by atoms with E-state index in [1.807, 2.05) is 7.05 Å². The highest BCUT2D eigenvalue weighted by molar-refractivity contribution is 9.10. The molecular weight excluding hydrogens is 346 g/mol. The molecule has 8 heteroatoms. The van der Waals surface area contributed by atoms with E-state index < -0.39 is 10.0 Å². The zero-order chi connectivity index (χ0) is 15.3. The van der Waals surface area contributed by atoms with E-state index in [1.54, 1.807) is 0 Å². The van der Waals surface area contributed by atoms with Crippen LogP contribution in [-0.2, 0) is 16.6 Å². The van der Waals surface area contributed by atoms with Crippen LogP contribution in [0.5, 0.6) is 0 Å². The van der Waals surface area contributed by atoms with Gasteiger partial charge in [-0.25, -0.2) is 13.1 Å². The quantitative estimate of drug-likeness (QED) is 0.679. The summed E-state index contributed by atoms with van der Waals surface area (Å²) in [6, 6.07) is 1.88. The van der Waals surface area contributed by atoms with Crippen molar-refractivity contribution in [3.63, 3.8) is 0 Å². The lowest BCUT2D eigenvalue weighted by molar-refractivity contribution is 0.271. The summed E-state index contributed by atoms with van der Waals surface area (Å²) in [5.41, 5.74) is 5.42. The summed E-state index contributed by atoms with van der Waals surface area (Å²) in [7, 11) is -1.55. The Balaban J connectivity index is 2.55. The molecule has 0 amide bonds. The third-order valence-electron chi connectivity index (χ3n) is 3.06. The maximum absolute atomic E-state index is 12.1. The topological polar surface area (TPSA) is 88.6 Å². The van der Waals surface area contributed by atoms with E-state index in [4.69, 9.17) is 10.2 Å². The highest BCUT2D eigenvalue weighted by Gasteiger charge is 2.21. The third kappa shape index (κ3) is 4.85. The fourth-order valence-corrected chi connectivity index (χ4v) is 3.62. The lowest BCUT2D eigenvalue weighted by Crippen LogP contribution is -2.31. The Kier molecular flexibility index (Phi) is 6.67.